The first-order chi connectivity index (χ1) is 12.0. The molecule has 10 heteroatoms. The number of fused-ring (bicyclic) bond motifs is 1. The molecule has 7 nitrogen and oxygen atoms in total. The number of hydrogen-bond acceptors (Lipinski definition) is 4. The van der Waals surface area contributed by atoms with Crippen LogP contribution in [0, 0.1) is 0 Å². The fourth-order valence-corrected chi connectivity index (χ4v) is 2.58. The Labute approximate surface area is 154 Å². The molecule has 2 rings (SSSR count). The minimum absolute atomic E-state index is 0.0105. The monoisotopic (exact) mass is 390 g/mol. The average molecular weight is 391 g/mol. The molecule has 0 spiro atoms. The zero-order chi connectivity index (χ0) is 19.6. The Hall–Kier alpha value is -2.16. The highest BCUT2D eigenvalue weighted by molar-refractivity contribution is 6.33. The summed E-state index contributed by atoms with van der Waals surface area (Å²) in [7, 11) is 0. The van der Waals surface area contributed by atoms with Gasteiger partial charge in [0.1, 0.15) is 11.1 Å². The third-order valence-electron chi connectivity index (χ3n) is 3.49. The molecule has 26 heavy (non-hydrogen) atoms. The second-order valence-corrected chi connectivity index (χ2v) is 7.08. The first-order valence-corrected chi connectivity index (χ1v) is 8.44. The van der Waals surface area contributed by atoms with Crippen LogP contribution in [0.15, 0.2) is 17.1 Å². The molecule has 0 aliphatic carbocycles. The number of alkyl halides is 2. The van der Waals surface area contributed by atoms with Crippen LogP contribution < -0.4 is 5.56 Å². The lowest BCUT2D eigenvalue weighted by atomic mass is 10.2. The predicted octanol–water partition coefficient (Wildman–Crippen LogP) is 3.17. The van der Waals surface area contributed by atoms with E-state index in [2.05, 4.69) is 5.10 Å². The van der Waals surface area contributed by atoms with Gasteiger partial charge >= 0.3 is 6.09 Å². The summed E-state index contributed by atoms with van der Waals surface area (Å²) in [6.45, 7) is 6.13. The van der Waals surface area contributed by atoms with Crippen LogP contribution in [0.3, 0.4) is 0 Å². The largest absolute Gasteiger partial charge is 0.444 e. The molecule has 0 aromatic carbocycles. The molecular formula is C16H21ClF2N4O3. The third kappa shape index (κ3) is 4.51. The highest BCUT2D eigenvalue weighted by Gasteiger charge is 2.24. The predicted molar refractivity (Wildman–Crippen MR) is 92.8 cm³/mol. The number of halogens is 3. The van der Waals surface area contributed by atoms with Crippen LogP contribution in [0.5, 0.6) is 0 Å². The van der Waals surface area contributed by atoms with Gasteiger partial charge in [0, 0.05) is 12.7 Å². The molecule has 0 radical (unpaired) electrons. The number of carbonyl (C=O) groups is 1. The molecule has 0 N–H and O–H groups in total. The van der Waals surface area contributed by atoms with E-state index in [1.54, 1.807) is 27.7 Å². The van der Waals surface area contributed by atoms with Gasteiger partial charge in [0.2, 0.25) is 0 Å². The molecule has 0 fully saturated rings. The molecule has 144 valence electrons. The zero-order valence-corrected chi connectivity index (χ0v) is 15.8. The van der Waals surface area contributed by atoms with Gasteiger partial charge < -0.3 is 9.64 Å². The Morgan fingerprint density at radius 3 is 2.62 bits per heavy atom. The number of carbonyl (C=O) groups excluding carboxylic acids is 1. The summed E-state index contributed by atoms with van der Waals surface area (Å²) in [5.41, 5.74) is -1.39. The highest BCUT2D eigenvalue weighted by Crippen LogP contribution is 2.16. The minimum Gasteiger partial charge on any atom is -0.444 e. The second-order valence-electron chi connectivity index (χ2n) is 6.67. The Morgan fingerprint density at radius 2 is 2.08 bits per heavy atom. The number of hydrogen-bond donors (Lipinski definition) is 0. The van der Waals surface area contributed by atoms with Crippen molar-refractivity contribution in [2.45, 2.75) is 52.8 Å². The molecular weight excluding hydrogens is 370 g/mol. The Bertz CT molecular complexity index is 858. The SMILES string of the molecule is CCN(Cc1nn2ccc(Cl)c2c(=O)n1CC(F)F)C(=O)OC(C)(C)C. The van der Waals surface area contributed by atoms with Crippen molar-refractivity contribution in [3.63, 3.8) is 0 Å². The second kappa shape index (κ2) is 7.61. The smallest absolute Gasteiger partial charge is 0.410 e. The van der Waals surface area contributed by atoms with E-state index in [1.165, 1.54) is 21.7 Å². The van der Waals surface area contributed by atoms with Crippen molar-refractivity contribution in [3.8, 4) is 0 Å². The molecule has 1 amide bonds. The van der Waals surface area contributed by atoms with Crippen LogP contribution in [-0.4, -0.2) is 43.7 Å². The van der Waals surface area contributed by atoms with E-state index >= 15 is 0 Å². The maximum absolute atomic E-state index is 13.0. The van der Waals surface area contributed by atoms with Gasteiger partial charge in [0.15, 0.2) is 5.82 Å². The quantitative estimate of drug-likeness (QED) is 0.786. The van der Waals surface area contributed by atoms with Crippen molar-refractivity contribution in [2.24, 2.45) is 0 Å². The lowest BCUT2D eigenvalue weighted by Crippen LogP contribution is -2.39. The van der Waals surface area contributed by atoms with Crippen molar-refractivity contribution in [3.05, 3.63) is 33.5 Å². The molecule has 0 aliphatic rings. The standard InChI is InChI=1S/C16H21ClF2N4O3/c1-5-21(15(25)26-16(2,3)4)9-12-20-23-7-6-10(17)13(23)14(24)22(12)8-11(18)19/h6-7,11H,5,8-9H2,1-4H3. The van der Waals surface area contributed by atoms with Crippen LogP contribution >= 0.6 is 11.6 Å². The van der Waals surface area contributed by atoms with Crippen molar-refractivity contribution >= 4 is 23.2 Å². The first kappa shape index (κ1) is 20.2. The number of amides is 1. The van der Waals surface area contributed by atoms with E-state index in [9.17, 15) is 18.4 Å². The Kier molecular flexibility index (Phi) is 5.90. The summed E-state index contributed by atoms with van der Waals surface area (Å²) < 4.78 is 33.3. The fourth-order valence-electron chi connectivity index (χ4n) is 2.35. The fraction of sp³-hybridized carbons (Fsp3) is 0.562. The number of rotatable bonds is 5. The Balaban J connectivity index is 2.46. The van der Waals surface area contributed by atoms with Gasteiger partial charge in [-0.2, -0.15) is 5.10 Å². The van der Waals surface area contributed by atoms with E-state index in [1.807, 2.05) is 0 Å². The highest BCUT2D eigenvalue weighted by atomic mass is 35.5. The molecule has 0 atom stereocenters. The van der Waals surface area contributed by atoms with E-state index < -0.39 is 30.2 Å². The van der Waals surface area contributed by atoms with Gasteiger partial charge in [-0.15, -0.1) is 0 Å². The van der Waals surface area contributed by atoms with Crippen LogP contribution in [0.2, 0.25) is 5.02 Å². The molecule has 2 aromatic heterocycles. The topological polar surface area (TPSA) is 68.8 Å². The third-order valence-corrected chi connectivity index (χ3v) is 3.79. The Morgan fingerprint density at radius 1 is 1.42 bits per heavy atom. The number of ether oxygens (including phenoxy) is 1. The van der Waals surface area contributed by atoms with Gasteiger partial charge in [0.25, 0.3) is 12.0 Å². The van der Waals surface area contributed by atoms with Gasteiger partial charge in [-0.25, -0.2) is 18.1 Å². The van der Waals surface area contributed by atoms with Crippen LogP contribution in [-0.2, 0) is 17.8 Å². The van der Waals surface area contributed by atoms with E-state index in [0.29, 0.717) is 0 Å². The minimum atomic E-state index is -2.76. The van der Waals surface area contributed by atoms with Gasteiger partial charge in [-0.1, -0.05) is 11.6 Å². The van der Waals surface area contributed by atoms with Crippen LogP contribution in [0.1, 0.15) is 33.5 Å². The molecule has 2 aromatic rings. The zero-order valence-electron chi connectivity index (χ0n) is 15.0. The lowest BCUT2D eigenvalue weighted by molar-refractivity contribution is 0.0234. The maximum atomic E-state index is 13.0. The van der Waals surface area contributed by atoms with Crippen molar-refractivity contribution in [1.29, 1.82) is 0 Å². The van der Waals surface area contributed by atoms with E-state index in [-0.39, 0.29) is 29.5 Å². The molecule has 0 unspecified atom stereocenters. The van der Waals surface area contributed by atoms with Gasteiger partial charge in [-0.3, -0.25) is 9.36 Å². The number of nitrogens with zero attached hydrogens (tertiary/aromatic N) is 4. The summed E-state index contributed by atoms with van der Waals surface area (Å²) in [6, 6.07) is 1.45. The van der Waals surface area contributed by atoms with Crippen molar-refractivity contribution in [2.75, 3.05) is 6.54 Å². The summed E-state index contributed by atoms with van der Waals surface area (Å²) in [5.74, 6) is 0.0165. The van der Waals surface area contributed by atoms with Gasteiger partial charge in [0.05, 0.1) is 18.1 Å². The molecule has 0 bridgehead atoms. The lowest BCUT2D eigenvalue weighted by Gasteiger charge is -2.27. The van der Waals surface area contributed by atoms with Crippen LogP contribution in [0.4, 0.5) is 13.6 Å². The molecule has 0 saturated carbocycles. The van der Waals surface area contributed by atoms with E-state index in [0.717, 1.165) is 4.57 Å². The summed E-state index contributed by atoms with van der Waals surface area (Å²) >= 11 is 5.95. The molecule has 0 saturated heterocycles. The first-order valence-electron chi connectivity index (χ1n) is 8.06. The van der Waals surface area contributed by atoms with E-state index in [4.69, 9.17) is 16.3 Å². The molecule has 0 aliphatic heterocycles. The molecule has 2 heterocycles. The summed E-state index contributed by atoms with van der Waals surface area (Å²) in [6.07, 6.45) is -1.93. The van der Waals surface area contributed by atoms with Gasteiger partial charge in [-0.05, 0) is 33.8 Å². The number of aromatic nitrogens is 3. The summed E-state index contributed by atoms with van der Waals surface area (Å²) in [4.78, 5) is 26.2. The normalized spacial score (nSPS) is 12.0. The van der Waals surface area contributed by atoms with Crippen molar-refractivity contribution in [1.82, 2.24) is 19.1 Å². The summed E-state index contributed by atoms with van der Waals surface area (Å²) in [5, 5.41) is 4.31. The maximum Gasteiger partial charge on any atom is 0.410 e. The average Bonchev–Trinajstić information content (AvgIpc) is 2.87. The van der Waals surface area contributed by atoms with Crippen molar-refractivity contribution < 1.29 is 18.3 Å². The van der Waals surface area contributed by atoms with Crippen LogP contribution in [0.25, 0.3) is 5.52 Å².